The lowest BCUT2D eigenvalue weighted by Gasteiger charge is -2.23. The minimum Gasteiger partial charge on any atom is -0.497 e. The van der Waals surface area contributed by atoms with E-state index < -0.39 is 0 Å². The van der Waals surface area contributed by atoms with E-state index in [4.69, 9.17) is 4.74 Å². The molecule has 0 aromatic heterocycles. The molecule has 2 aliphatic rings. The normalized spacial score (nSPS) is 26.5. The van der Waals surface area contributed by atoms with Crippen molar-refractivity contribution in [2.75, 3.05) is 12.9 Å². The third-order valence-electron chi connectivity index (χ3n) is 4.66. The summed E-state index contributed by atoms with van der Waals surface area (Å²) < 4.78 is 5.20. The molecule has 1 heterocycles. The van der Waals surface area contributed by atoms with Crippen LogP contribution in [0.4, 0.5) is 0 Å². The molecule has 1 aliphatic heterocycles. The second-order valence-electron chi connectivity index (χ2n) is 5.80. The molecule has 2 aromatic carbocycles. The largest absolute Gasteiger partial charge is 0.497 e. The predicted molar refractivity (Wildman–Crippen MR) is 84.3 cm³/mol. The Labute approximate surface area is 128 Å². The van der Waals surface area contributed by atoms with E-state index in [1.54, 1.807) is 7.11 Å². The number of thioether (sulfide) groups is 1. The maximum absolute atomic E-state index is 12.9. The van der Waals surface area contributed by atoms with Gasteiger partial charge < -0.3 is 4.74 Å². The van der Waals surface area contributed by atoms with E-state index in [1.165, 1.54) is 5.56 Å². The third-order valence-corrected chi connectivity index (χ3v) is 5.99. The summed E-state index contributed by atoms with van der Waals surface area (Å²) in [6.07, 6.45) is 0.972. The fourth-order valence-electron chi connectivity index (χ4n) is 3.31. The van der Waals surface area contributed by atoms with E-state index in [2.05, 4.69) is 18.2 Å². The summed E-state index contributed by atoms with van der Waals surface area (Å²) in [5, 5.41) is 0. The van der Waals surface area contributed by atoms with Crippen molar-refractivity contribution in [3.63, 3.8) is 0 Å². The Morgan fingerprint density at radius 2 is 1.90 bits per heavy atom. The topological polar surface area (TPSA) is 26.3 Å². The van der Waals surface area contributed by atoms with Crippen molar-refractivity contribution in [1.82, 2.24) is 0 Å². The smallest absolute Gasteiger partial charge is 0.171 e. The van der Waals surface area contributed by atoms with Gasteiger partial charge in [-0.25, -0.2) is 0 Å². The molecule has 2 aromatic rings. The summed E-state index contributed by atoms with van der Waals surface area (Å²) in [5.41, 5.74) is 1.99. The van der Waals surface area contributed by atoms with Gasteiger partial charge in [0.05, 0.1) is 12.5 Å². The molecule has 4 rings (SSSR count). The third kappa shape index (κ3) is 1.91. The van der Waals surface area contributed by atoms with Gasteiger partial charge in [0.15, 0.2) is 5.78 Å². The van der Waals surface area contributed by atoms with Gasteiger partial charge in [0, 0.05) is 16.2 Å². The molecule has 0 amide bonds. The first kappa shape index (κ1) is 13.0. The van der Waals surface area contributed by atoms with E-state index in [0.29, 0.717) is 11.7 Å². The van der Waals surface area contributed by atoms with Crippen LogP contribution >= 0.6 is 11.8 Å². The van der Waals surface area contributed by atoms with Gasteiger partial charge in [-0.3, -0.25) is 4.79 Å². The quantitative estimate of drug-likeness (QED) is 0.832. The Hall–Kier alpha value is -1.74. The minimum absolute atomic E-state index is 0.173. The standard InChI is InChI=1S/C18H16O2S/c1-20-13-8-6-12(7-9-13)15-10-18(15)11-21-16-5-3-2-4-14(16)17(18)19/h2-9,15H,10-11H2,1H3. The minimum atomic E-state index is -0.173. The van der Waals surface area contributed by atoms with Crippen LogP contribution in [-0.2, 0) is 0 Å². The second-order valence-corrected chi connectivity index (χ2v) is 6.82. The summed E-state index contributed by atoms with van der Waals surface area (Å²) in [6.45, 7) is 0. The molecule has 2 atom stereocenters. The average Bonchev–Trinajstić information content (AvgIpc) is 3.27. The Bertz CT molecular complexity index is 707. The van der Waals surface area contributed by atoms with Gasteiger partial charge in [-0.15, -0.1) is 11.8 Å². The van der Waals surface area contributed by atoms with Gasteiger partial charge in [-0.2, -0.15) is 0 Å². The highest BCUT2D eigenvalue weighted by Gasteiger charge is 2.61. The van der Waals surface area contributed by atoms with Gasteiger partial charge >= 0.3 is 0 Å². The first-order chi connectivity index (χ1) is 10.2. The van der Waals surface area contributed by atoms with Crippen molar-refractivity contribution in [3.05, 3.63) is 59.7 Å². The number of ether oxygens (including phenoxy) is 1. The van der Waals surface area contributed by atoms with Crippen LogP contribution in [0.25, 0.3) is 0 Å². The van der Waals surface area contributed by atoms with E-state index >= 15 is 0 Å². The Morgan fingerprint density at radius 3 is 2.67 bits per heavy atom. The van der Waals surface area contributed by atoms with Gasteiger partial charge in [0.1, 0.15) is 5.75 Å². The van der Waals surface area contributed by atoms with E-state index in [-0.39, 0.29) is 5.41 Å². The number of fused-ring (bicyclic) bond motifs is 1. The summed E-state index contributed by atoms with van der Waals surface area (Å²) >= 11 is 1.82. The number of hydrogen-bond donors (Lipinski definition) is 0. The molecule has 3 heteroatoms. The monoisotopic (exact) mass is 296 g/mol. The highest BCUT2D eigenvalue weighted by Crippen LogP contribution is 2.65. The number of rotatable bonds is 2. The summed E-state index contributed by atoms with van der Waals surface area (Å²) in [6, 6.07) is 16.1. The molecular weight excluding hydrogens is 280 g/mol. The lowest BCUT2D eigenvalue weighted by molar-refractivity contribution is 0.0905. The molecule has 1 fully saturated rings. The fourth-order valence-corrected chi connectivity index (χ4v) is 4.66. The number of carbonyl (C=O) groups is 1. The average molecular weight is 296 g/mol. The van der Waals surface area contributed by atoms with Crippen molar-refractivity contribution in [2.45, 2.75) is 17.2 Å². The van der Waals surface area contributed by atoms with E-state index in [9.17, 15) is 4.79 Å². The molecule has 2 unspecified atom stereocenters. The van der Waals surface area contributed by atoms with Crippen molar-refractivity contribution >= 4 is 17.5 Å². The van der Waals surface area contributed by atoms with E-state index in [0.717, 1.165) is 28.4 Å². The fraction of sp³-hybridized carbons (Fsp3) is 0.278. The number of methoxy groups -OCH3 is 1. The van der Waals surface area contributed by atoms with E-state index in [1.807, 2.05) is 42.1 Å². The summed E-state index contributed by atoms with van der Waals surface area (Å²) in [4.78, 5) is 14.0. The molecule has 106 valence electrons. The van der Waals surface area contributed by atoms with Crippen LogP contribution in [0.15, 0.2) is 53.4 Å². The van der Waals surface area contributed by atoms with Crippen LogP contribution < -0.4 is 4.74 Å². The number of benzene rings is 2. The van der Waals surface area contributed by atoms with Gasteiger partial charge in [-0.05, 0) is 36.1 Å². The zero-order chi connectivity index (χ0) is 14.4. The molecule has 0 N–H and O–H groups in total. The van der Waals surface area contributed by atoms with Crippen molar-refractivity contribution in [3.8, 4) is 5.75 Å². The highest BCUT2D eigenvalue weighted by molar-refractivity contribution is 7.99. The maximum atomic E-state index is 12.9. The number of carbonyl (C=O) groups excluding carboxylic acids is 1. The van der Waals surface area contributed by atoms with Crippen LogP contribution in [0.1, 0.15) is 28.3 Å². The number of ketones is 1. The molecular formula is C18H16O2S. The van der Waals surface area contributed by atoms with Gasteiger partial charge in [0.2, 0.25) is 0 Å². The Morgan fingerprint density at radius 1 is 1.14 bits per heavy atom. The van der Waals surface area contributed by atoms with Crippen molar-refractivity contribution in [1.29, 1.82) is 0 Å². The molecule has 1 spiro atoms. The highest BCUT2D eigenvalue weighted by atomic mass is 32.2. The van der Waals surface area contributed by atoms with Crippen LogP contribution in [-0.4, -0.2) is 18.6 Å². The predicted octanol–water partition coefficient (Wildman–Crippen LogP) is 4.16. The first-order valence-electron chi connectivity index (χ1n) is 7.15. The molecule has 0 bridgehead atoms. The molecule has 21 heavy (non-hydrogen) atoms. The Kier molecular flexibility index (Phi) is 2.86. The van der Waals surface area contributed by atoms with Crippen molar-refractivity contribution in [2.24, 2.45) is 5.41 Å². The van der Waals surface area contributed by atoms with Crippen molar-refractivity contribution < 1.29 is 9.53 Å². The SMILES string of the molecule is COc1ccc(C2CC23CSc2ccccc2C3=O)cc1. The zero-order valence-electron chi connectivity index (χ0n) is 11.8. The zero-order valence-corrected chi connectivity index (χ0v) is 12.7. The summed E-state index contributed by atoms with van der Waals surface area (Å²) in [7, 11) is 1.67. The summed E-state index contributed by atoms with van der Waals surface area (Å²) in [5.74, 6) is 2.46. The molecule has 1 aliphatic carbocycles. The van der Waals surface area contributed by atoms with Crippen LogP contribution in [0.5, 0.6) is 5.75 Å². The molecule has 2 nitrogen and oxygen atoms in total. The van der Waals surface area contributed by atoms with Gasteiger partial charge in [-0.1, -0.05) is 30.3 Å². The first-order valence-corrected chi connectivity index (χ1v) is 8.14. The number of Topliss-reactive ketones (excluding diaryl/α,β-unsaturated/α-hetero) is 1. The molecule has 0 saturated heterocycles. The molecule has 0 radical (unpaired) electrons. The second kappa shape index (κ2) is 4.63. The van der Waals surface area contributed by atoms with Crippen LogP contribution in [0.3, 0.4) is 0 Å². The Balaban J connectivity index is 1.64. The number of hydrogen-bond acceptors (Lipinski definition) is 3. The van der Waals surface area contributed by atoms with Crippen LogP contribution in [0, 0.1) is 5.41 Å². The molecule has 1 saturated carbocycles. The lowest BCUT2D eigenvalue weighted by atomic mass is 9.91. The van der Waals surface area contributed by atoms with Crippen LogP contribution in [0.2, 0.25) is 0 Å². The maximum Gasteiger partial charge on any atom is 0.171 e. The van der Waals surface area contributed by atoms with Gasteiger partial charge in [0.25, 0.3) is 0 Å². The lowest BCUT2D eigenvalue weighted by Crippen LogP contribution is -2.25.